The Morgan fingerprint density at radius 2 is 2.14 bits per heavy atom. The average molecular weight is 418 g/mol. The third-order valence-electron chi connectivity index (χ3n) is 4.93. The summed E-state index contributed by atoms with van der Waals surface area (Å²) >= 11 is 1.38. The maximum atomic E-state index is 12.9. The Kier molecular flexibility index (Phi) is 4.56. The Morgan fingerprint density at radius 3 is 2.86 bits per heavy atom. The molecule has 146 valence electrons. The van der Waals surface area contributed by atoms with Crippen molar-refractivity contribution in [1.29, 1.82) is 0 Å². The van der Waals surface area contributed by atoms with Crippen LogP contribution >= 0.6 is 11.3 Å². The van der Waals surface area contributed by atoms with E-state index in [0.29, 0.717) is 17.8 Å². The zero-order valence-corrected chi connectivity index (χ0v) is 17.0. The fourth-order valence-corrected chi connectivity index (χ4v) is 5.07. The maximum absolute atomic E-state index is 12.9. The van der Waals surface area contributed by atoms with Crippen LogP contribution in [0.1, 0.15) is 25.1 Å². The van der Waals surface area contributed by atoms with Gasteiger partial charge in [-0.3, -0.25) is 4.79 Å². The summed E-state index contributed by atoms with van der Waals surface area (Å²) in [7, 11) is -3.81. The largest absolute Gasteiger partial charge is 0.331 e. The van der Waals surface area contributed by atoms with Crippen molar-refractivity contribution in [2.24, 2.45) is 5.73 Å². The Bertz CT molecular complexity index is 1190. The van der Waals surface area contributed by atoms with Crippen molar-refractivity contribution in [2.45, 2.75) is 37.9 Å². The van der Waals surface area contributed by atoms with E-state index >= 15 is 0 Å². The molecule has 0 aliphatic carbocycles. The molecule has 2 N–H and O–H groups in total. The minimum Gasteiger partial charge on any atom is -0.331 e. The molecular formula is C18H19N5O3S2. The molecule has 3 heterocycles. The number of hydrogen-bond acceptors (Lipinski definition) is 7. The van der Waals surface area contributed by atoms with Crippen LogP contribution in [0.5, 0.6) is 0 Å². The molecule has 8 nitrogen and oxygen atoms in total. The monoisotopic (exact) mass is 417 g/mol. The van der Waals surface area contributed by atoms with Gasteiger partial charge in [-0.05, 0) is 32.0 Å². The summed E-state index contributed by atoms with van der Waals surface area (Å²) in [6.07, 6.45) is 3.29. The Balaban J connectivity index is 1.58. The minimum absolute atomic E-state index is 0.157. The van der Waals surface area contributed by atoms with Crippen molar-refractivity contribution < 1.29 is 13.2 Å². The van der Waals surface area contributed by atoms with Crippen molar-refractivity contribution in [3.05, 3.63) is 52.8 Å². The van der Waals surface area contributed by atoms with Gasteiger partial charge in [0.25, 0.3) is 10.0 Å². The fourth-order valence-electron chi connectivity index (χ4n) is 3.08. The number of rotatable bonds is 4. The first-order valence-corrected chi connectivity index (χ1v) is 11.0. The molecule has 1 atom stereocenters. The molecule has 0 radical (unpaired) electrons. The van der Waals surface area contributed by atoms with Crippen LogP contribution < -0.4 is 5.73 Å². The highest BCUT2D eigenvalue weighted by Crippen LogP contribution is 2.26. The summed E-state index contributed by atoms with van der Waals surface area (Å²) in [4.78, 5) is 18.4. The average Bonchev–Trinajstić information content (AvgIpc) is 3.39. The zero-order valence-electron chi connectivity index (χ0n) is 15.4. The highest BCUT2D eigenvalue weighted by molar-refractivity contribution is 7.89. The Hall–Kier alpha value is -2.56. The zero-order chi connectivity index (χ0) is 20.1. The van der Waals surface area contributed by atoms with Crippen LogP contribution in [0.25, 0.3) is 10.2 Å². The van der Waals surface area contributed by atoms with Crippen molar-refractivity contribution in [1.82, 2.24) is 19.1 Å². The smallest absolute Gasteiger partial charge is 0.283 e. The third kappa shape index (κ3) is 3.03. The number of amides is 1. The second-order valence-electron chi connectivity index (χ2n) is 6.67. The summed E-state index contributed by atoms with van der Waals surface area (Å²) in [6.45, 7) is 4.18. The molecule has 1 amide bonds. The third-order valence-corrected chi connectivity index (χ3v) is 7.25. The van der Waals surface area contributed by atoms with Gasteiger partial charge in [-0.1, -0.05) is 11.6 Å². The van der Waals surface area contributed by atoms with Crippen LogP contribution in [0.2, 0.25) is 0 Å². The molecular weight excluding hydrogens is 398 g/mol. The molecule has 3 aromatic rings. The van der Waals surface area contributed by atoms with Gasteiger partial charge in [0.15, 0.2) is 0 Å². The summed E-state index contributed by atoms with van der Waals surface area (Å²) in [5.41, 5.74) is 10.5. The second kappa shape index (κ2) is 6.80. The van der Waals surface area contributed by atoms with E-state index in [9.17, 15) is 13.2 Å². The minimum atomic E-state index is -3.81. The molecule has 1 aliphatic rings. The van der Waals surface area contributed by atoms with Gasteiger partial charge in [-0.25, -0.2) is 4.98 Å². The number of nitrogens with zero attached hydrogens (tertiary/aromatic N) is 4. The Morgan fingerprint density at radius 1 is 1.36 bits per heavy atom. The van der Waals surface area contributed by atoms with Crippen molar-refractivity contribution in [2.75, 3.05) is 0 Å². The lowest BCUT2D eigenvalue weighted by molar-refractivity contribution is -0.132. The van der Waals surface area contributed by atoms with Crippen LogP contribution in [0.15, 0.2) is 46.5 Å². The highest BCUT2D eigenvalue weighted by atomic mass is 32.2. The summed E-state index contributed by atoms with van der Waals surface area (Å²) in [5, 5.41) is 4.23. The number of carbonyl (C=O) groups is 1. The van der Waals surface area contributed by atoms with Gasteiger partial charge in [0.05, 0.1) is 32.9 Å². The fraction of sp³-hybridized carbons (Fsp3) is 0.278. The Labute approximate surface area is 166 Å². The summed E-state index contributed by atoms with van der Waals surface area (Å²) in [5.74, 6) is -0.196. The number of carbonyl (C=O) groups excluding carboxylic acids is 1. The summed E-state index contributed by atoms with van der Waals surface area (Å²) in [6, 6.07) is 4.11. The maximum Gasteiger partial charge on any atom is 0.283 e. The van der Waals surface area contributed by atoms with E-state index in [1.807, 2.05) is 19.9 Å². The van der Waals surface area contributed by atoms with Crippen LogP contribution in [0.4, 0.5) is 0 Å². The molecule has 0 spiro atoms. The molecule has 4 rings (SSSR count). The molecule has 1 aliphatic heterocycles. The van der Waals surface area contributed by atoms with E-state index in [2.05, 4.69) is 10.1 Å². The number of fused-ring (bicyclic) bond motifs is 2. The van der Waals surface area contributed by atoms with E-state index in [1.165, 1.54) is 23.6 Å². The first kappa shape index (κ1) is 18.8. The molecule has 1 aromatic carbocycles. The number of thiazole rings is 1. The van der Waals surface area contributed by atoms with Crippen LogP contribution in [-0.4, -0.2) is 39.4 Å². The van der Waals surface area contributed by atoms with E-state index in [4.69, 9.17) is 5.73 Å². The van der Waals surface area contributed by atoms with E-state index in [0.717, 1.165) is 19.9 Å². The predicted octanol–water partition coefficient (Wildman–Crippen LogP) is 1.87. The van der Waals surface area contributed by atoms with Crippen molar-refractivity contribution in [3.63, 3.8) is 0 Å². The van der Waals surface area contributed by atoms with Gasteiger partial charge in [0.1, 0.15) is 6.04 Å². The highest BCUT2D eigenvalue weighted by Gasteiger charge is 2.32. The molecule has 0 unspecified atom stereocenters. The van der Waals surface area contributed by atoms with E-state index in [-0.39, 0.29) is 17.3 Å². The molecule has 10 heteroatoms. The predicted molar refractivity (Wildman–Crippen MR) is 106 cm³/mol. The number of aromatic nitrogens is 3. The quantitative estimate of drug-likeness (QED) is 0.649. The van der Waals surface area contributed by atoms with Gasteiger partial charge in [-0.15, -0.1) is 11.3 Å². The van der Waals surface area contributed by atoms with Crippen molar-refractivity contribution >= 4 is 37.5 Å². The van der Waals surface area contributed by atoms with Crippen LogP contribution in [0, 0.1) is 0 Å². The first-order valence-electron chi connectivity index (χ1n) is 8.64. The SMILES string of the molecule is C/C=C(\C)[C@H](N)C(=O)N1Cc2cn(S(=O)(=O)c3ccc4ncsc4c3)nc2C1. The standard InChI is InChI=1S/C18H19N5O3S2/c1-3-11(2)17(19)18(24)22-7-12-8-23(21-15(12)9-22)28(25,26)13-4-5-14-16(6-13)27-10-20-14/h3-6,8,10,17H,7,9,19H2,1-2H3/b11-3+/t17-/m0/s1. The lowest BCUT2D eigenvalue weighted by atomic mass is 10.1. The molecule has 0 saturated carbocycles. The van der Waals surface area contributed by atoms with Gasteiger partial charge < -0.3 is 10.6 Å². The van der Waals surface area contributed by atoms with Crippen LogP contribution in [0.3, 0.4) is 0 Å². The lowest BCUT2D eigenvalue weighted by Gasteiger charge is -2.20. The summed E-state index contributed by atoms with van der Waals surface area (Å²) < 4.78 is 27.6. The molecule has 28 heavy (non-hydrogen) atoms. The number of hydrogen-bond donors (Lipinski definition) is 1. The first-order chi connectivity index (χ1) is 13.3. The molecule has 0 bridgehead atoms. The van der Waals surface area contributed by atoms with Gasteiger partial charge >= 0.3 is 0 Å². The molecule has 2 aromatic heterocycles. The van der Waals surface area contributed by atoms with Gasteiger partial charge in [0, 0.05) is 18.3 Å². The normalized spacial score (nSPS) is 15.8. The molecule has 0 fully saturated rings. The van der Waals surface area contributed by atoms with Crippen molar-refractivity contribution in [3.8, 4) is 0 Å². The number of allylic oxidation sites excluding steroid dienone is 1. The molecule has 0 saturated heterocycles. The lowest BCUT2D eigenvalue weighted by Crippen LogP contribution is -2.42. The van der Waals surface area contributed by atoms with E-state index in [1.54, 1.807) is 22.5 Å². The second-order valence-corrected chi connectivity index (χ2v) is 9.35. The van der Waals surface area contributed by atoms with E-state index < -0.39 is 16.1 Å². The topological polar surface area (TPSA) is 111 Å². The van der Waals surface area contributed by atoms with Gasteiger partial charge in [0.2, 0.25) is 5.91 Å². The number of benzene rings is 1. The number of nitrogens with two attached hydrogens (primary N) is 1. The van der Waals surface area contributed by atoms with Crippen LogP contribution in [-0.2, 0) is 27.9 Å². The van der Waals surface area contributed by atoms with Gasteiger partial charge in [-0.2, -0.15) is 17.6 Å².